The summed E-state index contributed by atoms with van der Waals surface area (Å²) in [7, 11) is -4.25. The summed E-state index contributed by atoms with van der Waals surface area (Å²) in [5.74, 6) is -0.640. The number of rotatable bonds is 11. The Morgan fingerprint density at radius 2 is 2.03 bits per heavy atom. The summed E-state index contributed by atoms with van der Waals surface area (Å²) < 4.78 is 36.1. The summed E-state index contributed by atoms with van der Waals surface area (Å²) in [5, 5.41) is 33.0. The third kappa shape index (κ3) is 6.28. The molecule has 14 nitrogen and oxygen atoms in total. The van der Waals surface area contributed by atoms with Gasteiger partial charge in [0.2, 0.25) is 0 Å². The molecule has 1 saturated heterocycles. The van der Waals surface area contributed by atoms with Crippen molar-refractivity contribution in [3.63, 3.8) is 0 Å². The molecule has 2 heterocycles. The molecule has 15 heteroatoms. The van der Waals surface area contributed by atoms with E-state index in [0.717, 1.165) is 4.57 Å². The van der Waals surface area contributed by atoms with Gasteiger partial charge < -0.3 is 24.2 Å². The molecule has 1 aromatic heterocycles. The van der Waals surface area contributed by atoms with Crippen LogP contribution in [0.3, 0.4) is 0 Å². The summed E-state index contributed by atoms with van der Waals surface area (Å²) >= 11 is 0. The Hall–Kier alpha value is -2.84. The number of nitrogens with one attached hydrogen (secondary N) is 2. The fraction of sp³-hybridized carbons (Fsp3) is 0.476. The van der Waals surface area contributed by atoms with Crippen molar-refractivity contribution in [1.82, 2.24) is 14.6 Å². The van der Waals surface area contributed by atoms with E-state index in [-0.39, 0.29) is 18.2 Å². The van der Waals surface area contributed by atoms with E-state index in [2.05, 4.69) is 10.1 Å². The molecular formula is C21H29N4O10P. The number of benzene rings is 1. The zero-order chi connectivity index (χ0) is 26.5. The summed E-state index contributed by atoms with van der Waals surface area (Å²) in [6.45, 7) is 3.83. The number of hydrogen-bond acceptors (Lipinski definition) is 12. The quantitative estimate of drug-likeness (QED) is 0.156. The van der Waals surface area contributed by atoms with Crippen molar-refractivity contribution in [2.75, 3.05) is 18.7 Å². The van der Waals surface area contributed by atoms with Crippen LogP contribution in [-0.4, -0.2) is 68.0 Å². The fourth-order valence-corrected chi connectivity index (χ4v) is 4.97. The first-order valence-electron chi connectivity index (χ1n) is 11.0. The number of carbonyl (C=O) groups excluding carboxylic acids is 1. The van der Waals surface area contributed by atoms with Crippen LogP contribution in [0.2, 0.25) is 0 Å². The van der Waals surface area contributed by atoms with Crippen LogP contribution in [0.1, 0.15) is 27.0 Å². The van der Waals surface area contributed by atoms with Crippen molar-refractivity contribution in [2.24, 2.45) is 0 Å². The van der Waals surface area contributed by atoms with E-state index >= 15 is 0 Å². The maximum absolute atomic E-state index is 13.5. The molecule has 1 aromatic carbocycles. The van der Waals surface area contributed by atoms with Crippen LogP contribution in [0.25, 0.3) is 0 Å². The Bertz CT molecular complexity index is 1150. The number of nitrogens with zero attached hydrogens (tertiary/aromatic N) is 2. The van der Waals surface area contributed by atoms with Gasteiger partial charge in [0.25, 0.3) is 0 Å². The van der Waals surface area contributed by atoms with Gasteiger partial charge in [0, 0.05) is 6.20 Å². The Balaban J connectivity index is 1.79. The van der Waals surface area contributed by atoms with Crippen molar-refractivity contribution in [2.45, 2.75) is 50.8 Å². The summed E-state index contributed by atoms with van der Waals surface area (Å²) in [6, 6.07) is 8.23. The van der Waals surface area contributed by atoms with Crippen molar-refractivity contribution in [3.8, 4) is 5.75 Å². The van der Waals surface area contributed by atoms with Crippen LogP contribution in [0.15, 0.2) is 47.4 Å². The number of para-hydroxylation sites is 1. The number of aliphatic hydroxyl groups is 2. The van der Waals surface area contributed by atoms with Gasteiger partial charge in [0.1, 0.15) is 29.6 Å². The molecule has 0 saturated carbocycles. The van der Waals surface area contributed by atoms with Gasteiger partial charge in [0.05, 0.1) is 13.2 Å². The molecule has 1 aliphatic heterocycles. The first-order valence-corrected chi connectivity index (χ1v) is 12.5. The van der Waals surface area contributed by atoms with E-state index in [0.29, 0.717) is 0 Å². The molecule has 0 spiro atoms. The number of carbonyl (C=O) groups is 1. The normalized spacial score (nSPS) is 26.1. The lowest BCUT2D eigenvalue weighted by Gasteiger charge is -2.27. The lowest BCUT2D eigenvalue weighted by atomic mass is 9.96. The molecule has 1 aliphatic rings. The third-order valence-corrected chi connectivity index (χ3v) is 6.96. The van der Waals surface area contributed by atoms with Gasteiger partial charge in [-0.2, -0.15) is 10.1 Å². The van der Waals surface area contributed by atoms with Gasteiger partial charge in [-0.25, -0.2) is 9.36 Å². The first-order chi connectivity index (χ1) is 17.0. The Labute approximate surface area is 206 Å². The molecule has 0 bridgehead atoms. The molecule has 198 valence electrons. The smallest absolute Gasteiger partial charge is 0.459 e. The Morgan fingerprint density at radius 1 is 1.33 bits per heavy atom. The maximum Gasteiger partial charge on any atom is 0.459 e. The molecule has 0 aliphatic carbocycles. The van der Waals surface area contributed by atoms with Gasteiger partial charge in [-0.05, 0) is 39.0 Å². The summed E-state index contributed by atoms with van der Waals surface area (Å²) in [4.78, 5) is 28.0. The van der Waals surface area contributed by atoms with Gasteiger partial charge >= 0.3 is 19.4 Å². The van der Waals surface area contributed by atoms with Crippen LogP contribution in [0.4, 0.5) is 5.82 Å². The van der Waals surface area contributed by atoms with Crippen LogP contribution >= 0.6 is 7.75 Å². The van der Waals surface area contributed by atoms with Crippen LogP contribution < -0.4 is 20.8 Å². The van der Waals surface area contributed by atoms with E-state index < -0.39 is 56.1 Å². The SMILES string of the molecule is CCOC(=O)[C@H](C)NP(=O)(OCC1O[C@@H](n2ccc(NO)nc2=O)C(C)(O)[C@H]1O)Oc1ccccc1. The minimum Gasteiger partial charge on any atom is -0.465 e. The topological polar surface area (TPSA) is 191 Å². The van der Waals surface area contributed by atoms with Crippen LogP contribution in [-0.2, 0) is 23.4 Å². The Morgan fingerprint density at radius 3 is 2.64 bits per heavy atom. The molecule has 36 heavy (non-hydrogen) atoms. The molecule has 0 radical (unpaired) electrons. The van der Waals surface area contributed by atoms with Crippen molar-refractivity contribution in [1.29, 1.82) is 0 Å². The molecular weight excluding hydrogens is 499 g/mol. The van der Waals surface area contributed by atoms with Crippen LogP contribution in [0.5, 0.6) is 5.75 Å². The van der Waals surface area contributed by atoms with Gasteiger partial charge in [-0.1, -0.05) is 18.2 Å². The second-order valence-corrected chi connectivity index (χ2v) is 9.81. The third-order valence-electron chi connectivity index (χ3n) is 5.32. The van der Waals surface area contributed by atoms with Crippen molar-refractivity contribution in [3.05, 3.63) is 53.1 Å². The lowest BCUT2D eigenvalue weighted by molar-refractivity contribution is -0.144. The van der Waals surface area contributed by atoms with Gasteiger partial charge in [-0.3, -0.25) is 24.6 Å². The molecule has 6 atom stereocenters. The minimum absolute atomic E-state index is 0.109. The molecule has 0 amide bonds. The number of hydrogen-bond donors (Lipinski definition) is 5. The predicted molar refractivity (Wildman–Crippen MR) is 124 cm³/mol. The van der Waals surface area contributed by atoms with E-state index in [4.69, 9.17) is 23.7 Å². The second kappa shape index (κ2) is 11.5. The first kappa shape index (κ1) is 27.7. The number of esters is 1. The number of ether oxygens (including phenoxy) is 2. The number of aromatic nitrogens is 2. The average Bonchev–Trinajstić information content (AvgIpc) is 3.06. The zero-order valence-corrected chi connectivity index (χ0v) is 20.7. The van der Waals surface area contributed by atoms with E-state index in [9.17, 15) is 24.4 Å². The standard InChI is InChI=1S/C21H29N4O10P/c1-4-32-18(27)13(2)24-36(31,35-14-8-6-5-7-9-14)33-12-15-17(26)21(3,29)19(34-15)25-11-10-16(23-30)22-20(25)28/h5-11,13,15,17,19,26,29-30H,4,12H2,1-3H3,(H,24,31)(H,22,23,28)/t13-,15?,17-,19+,21?,36?/m0/s1. The summed E-state index contributed by atoms with van der Waals surface area (Å²) in [5.41, 5.74) is -1.13. The fourth-order valence-electron chi connectivity index (χ4n) is 3.47. The molecule has 1 fully saturated rings. The second-order valence-electron chi connectivity index (χ2n) is 8.11. The predicted octanol–water partition coefficient (Wildman–Crippen LogP) is 0.799. The molecule has 5 N–H and O–H groups in total. The summed E-state index contributed by atoms with van der Waals surface area (Å²) in [6.07, 6.45) is -3.04. The number of aliphatic hydroxyl groups excluding tert-OH is 1. The zero-order valence-electron chi connectivity index (χ0n) is 19.8. The molecule has 2 aromatic rings. The van der Waals surface area contributed by atoms with Crippen LogP contribution in [0, 0.1) is 0 Å². The minimum atomic E-state index is -4.25. The molecule has 3 unspecified atom stereocenters. The van der Waals surface area contributed by atoms with Gasteiger partial charge in [-0.15, -0.1) is 0 Å². The van der Waals surface area contributed by atoms with Crippen molar-refractivity contribution >= 4 is 19.5 Å². The highest BCUT2D eigenvalue weighted by atomic mass is 31.2. The van der Waals surface area contributed by atoms with E-state index in [1.807, 2.05) is 0 Å². The lowest BCUT2D eigenvalue weighted by Crippen LogP contribution is -2.46. The number of anilines is 1. The highest BCUT2D eigenvalue weighted by Crippen LogP contribution is 2.46. The highest BCUT2D eigenvalue weighted by Gasteiger charge is 2.54. The Kier molecular flexibility index (Phi) is 8.84. The largest absolute Gasteiger partial charge is 0.465 e. The van der Waals surface area contributed by atoms with Gasteiger partial charge in [0.15, 0.2) is 12.0 Å². The maximum atomic E-state index is 13.5. The highest BCUT2D eigenvalue weighted by molar-refractivity contribution is 7.52. The molecule has 3 rings (SSSR count). The van der Waals surface area contributed by atoms with E-state index in [1.54, 1.807) is 30.6 Å². The van der Waals surface area contributed by atoms with Crippen molar-refractivity contribution < 1.29 is 43.3 Å². The monoisotopic (exact) mass is 528 g/mol. The van der Waals surface area contributed by atoms with E-state index in [1.165, 1.54) is 38.2 Å². The average molecular weight is 528 g/mol.